The minimum Gasteiger partial charge on any atom is -0.478 e. The molecule has 114 valence electrons. The van der Waals surface area contributed by atoms with Crippen LogP contribution in [0.4, 0.5) is 10.5 Å². The van der Waals surface area contributed by atoms with Gasteiger partial charge in [-0.2, -0.15) is 0 Å². The highest BCUT2D eigenvalue weighted by molar-refractivity contribution is 5.97. The number of carbonyl (C=O) groups is 3. The van der Waals surface area contributed by atoms with Gasteiger partial charge in [-0.3, -0.25) is 4.79 Å². The van der Waals surface area contributed by atoms with Crippen LogP contribution in [0, 0.1) is 5.92 Å². The molecule has 21 heavy (non-hydrogen) atoms. The van der Waals surface area contributed by atoms with Crippen LogP contribution in [0.15, 0.2) is 24.3 Å². The number of rotatable bonds is 6. The third-order valence-electron chi connectivity index (χ3n) is 2.74. The van der Waals surface area contributed by atoms with Gasteiger partial charge in [0.25, 0.3) is 0 Å². The summed E-state index contributed by atoms with van der Waals surface area (Å²) in [6, 6.07) is 4.24. The van der Waals surface area contributed by atoms with Crippen LogP contribution in [0.25, 0.3) is 0 Å². The Kier molecular flexibility index (Phi) is 5.71. The first-order valence-electron chi connectivity index (χ1n) is 6.49. The zero-order valence-electron chi connectivity index (χ0n) is 11.9. The number of nitrogens with one attached hydrogen (secondary N) is 2. The Bertz CT molecular complexity index is 526. The molecule has 0 spiro atoms. The molecule has 3 amide bonds. The second kappa shape index (κ2) is 7.28. The summed E-state index contributed by atoms with van der Waals surface area (Å²) in [6.45, 7) is 3.84. The molecule has 0 saturated heterocycles. The van der Waals surface area contributed by atoms with Crippen molar-refractivity contribution >= 4 is 23.6 Å². The van der Waals surface area contributed by atoms with Gasteiger partial charge in [-0.25, -0.2) is 9.59 Å². The van der Waals surface area contributed by atoms with Gasteiger partial charge in [0.2, 0.25) is 5.91 Å². The van der Waals surface area contributed by atoms with E-state index in [4.69, 9.17) is 10.8 Å². The molecule has 1 atom stereocenters. The van der Waals surface area contributed by atoms with Gasteiger partial charge in [0.15, 0.2) is 0 Å². The molecule has 7 nitrogen and oxygen atoms in total. The van der Waals surface area contributed by atoms with Gasteiger partial charge >= 0.3 is 12.0 Å². The zero-order chi connectivity index (χ0) is 16.0. The molecule has 7 heteroatoms. The summed E-state index contributed by atoms with van der Waals surface area (Å²) in [5.74, 6) is -1.24. The van der Waals surface area contributed by atoms with E-state index in [1.165, 1.54) is 24.3 Å². The maximum absolute atomic E-state index is 12.1. The average Bonchev–Trinajstić information content (AvgIpc) is 2.37. The van der Waals surface area contributed by atoms with Crippen LogP contribution >= 0.6 is 0 Å². The number of carboxylic acid groups (broad SMARTS) is 1. The summed E-state index contributed by atoms with van der Waals surface area (Å²) in [5, 5.41) is 13.8. The molecule has 1 unspecified atom stereocenters. The number of hydrogen-bond donors (Lipinski definition) is 4. The van der Waals surface area contributed by atoms with Gasteiger partial charge in [0.1, 0.15) is 6.04 Å². The van der Waals surface area contributed by atoms with Crippen LogP contribution in [0.5, 0.6) is 0 Å². The lowest BCUT2D eigenvalue weighted by molar-refractivity contribution is -0.118. The van der Waals surface area contributed by atoms with Gasteiger partial charge in [0.05, 0.1) is 5.56 Å². The molecule has 0 bridgehead atoms. The largest absolute Gasteiger partial charge is 0.478 e. The highest BCUT2D eigenvalue weighted by atomic mass is 16.4. The van der Waals surface area contributed by atoms with Crippen molar-refractivity contribution in [3.8, 4) is 0 Å². The molecular weight excluding hydrogens is 274 g/mol. The highest BCUT2D eigenvalue weighted by Crippen LogP contribution is 2.12. The predicted octanol–water partition coefficient (Wildman–Crippen LogP) is 1.41. The number of anilines is 1. The maximum Gasteiger partial charge on any atom is 0.335 e. The summed E-state index contributed by atoms with van der Waals surface area (Å²) >= 11 is 0. The maximum atomic E-state index is 12.1. The van der Waals surface area contributed by atoms with Gasteiger partial charge in [0, 0.05) is 5.69 Å². The molecule has 0 radical (unpaired) electrons. The molecule has 0 aliphatic carbocycles. The van der Waals surface area contributed by atoms with Crippen LogP contribution in [-0.2, 0) is 4.79 Å². The number of benzene rings is 1. The fourth-order valence-corrected chi connectivity index (χ4v) is 1.80. The van der Waals surface area contributed by atoms with E-state index in [0.717, 1.165) is 0 Å². The van der Waals surface area contributed by atoms with Crippen molar-refractivity contribution < 1.29 is 19.5 Å². The quantitative estimate of drug-likeness (QED) is 0.633. The van der Waals surface area contributed by atoms with E-state index in [1.807, 2.05) is 13.8 Å². The molecular formula is C14H19N3O4. The summed E-state index contributed by atoms with van der Waals surface area (Å²) in [4.78, 5) is 33.8. The number of urea groups is 1. The molecule has 1 rings (SSSR count). The van der Waals surface area contributed by atoms with Crippen molar-refractivity contribution in [2.75, 3.05) is 5.32 Å². The minimum atomic E-state index is -1.04. The highest BCUT2D eigenvalue weighted by Gasteiger charge is 2.21. The van der Waals surface area contributed by atoms with Crippen LogP contribution < -0.4 is 16.4 Å². The van der Waals surface area contributed by atoms with E-state index >= 15 is 0 Å². The van der Waals surface area contributed by atoms with Gasteiger partial charge < -0.3 is 21.5 Å². The zero-order valence-corrected chi connectivity index (χ0v) is 11.9. The van der Waals surface area contributed by atoms with Crippen molar-refractivity contribution in [2.45, 2.75) is 26.3 Å². The second-order valence-electron chi connectivity index (χ2n) is 5.06. The lowest BCUT2D eigenvalue weighted by Crippen LogP contribution is -2.46. The van der Waals surface area contributed by atoms with Crippen molar-refractivity contribution in [2.24, 2.45) is 11.7 Å². The number of aromatic carboxylic acids is 1. The van der Waals surface area contributed by atoms with E-state index < -0.39 is 23.9 Å². The molecule has 1 aromatic carbocycles. The number of primary amides is 1. The smallest absolute Gasteiger partial charge is 0.335 e. The van der Waals surface area contributed by atoms with Crippen LogP contribution in [-0.4, -0.2) is 29.1 Å². The summed E-state index contributed by atoms with van der Waals surface area (Å²) in [7, 11) is 0. The Labute approximate surface area is 122 Å². The van der Waals surface area contributed by atoms with E-state index in [2.05, 4.69) is 10.6 Å². The first-order chi connectivity index (χ1) is 9.79. The molecule has 1 aromatic rings. The van der Waals surface area contributed by atoms with Gasteiger partial charge in [-0.1, -0.05) is 13.8 Å². The number of carbonyl (C=O) groups excluding carboxylic acids is 2. The van der Waals surface area contributed by atoms with E-state index in [0.29, 0.717) is 12.1 Å². The topological polar surface area (TPSA) is 122 Å². The number of carboxylic acids is 1. The first-order valence-corrected chi connectivity index (χ1v) is 6.49. The molecule has 0 saturated carbocycles. The molecule has 5 N–H and O–H groups in total. The van der Waals surface area contributed by atoms with Crippen molar-refractivity contribution in [3.05, 3.63) is 29.8 Å². The fraction of sp³-hybridized carbons (Fsp3) is 0.357. The summed E-state index contributed by atoms with van der Waals surface area (Å²) < 4.78 is 0. The molecule has 0 heterocycles. The number of amides is 3. The Hall–Kier alpha value is -2.57. The molecule has 0 aromatic heterocycles. The molecule has 0 fully saturated rings. The lowest BCUT2D eigenvalue weighted by Gasteiger charge is -2.19. The van der Waals surface area contributed by atoms with Crippen LogP contribution in [0.3, 0.4) is 0 Å². The second-order valence-corrected chi connectivity index (χ2v) is 5.06. The van der Waals surface area contributed by atoms with E-state index in [-0.39, 0.29) is 11.5 Å². The third-order valence-corrected chi connectivity index (χ3v) is 2.74. The van der Waals surface area contributed by atoms with Gasteiger partial charge in [-0.05, 0) is 36.6 Å². The monoisotopic (exact) mass is 293 g/mol. The third kappa shape index (κ3) is 5.52. The molecule has 0 aliphatic rings. The first kappa shape index (κ1) is 16.5. The minimum absolute atomic E-state index is 0.127. The van der Waals surface area contributed by atoms with Crippen LogP contribution in [0.2, 0.25) is 0 Å². The van der Waals surface area contributed by atoms with Crippen molar-refractivity contribution in [1.82, 2.24) is 5.32 Å². The fourth-order valence-electron chi connectivity index (χ4n) is 1.80. The SMILES string of the molecule is CC(C)CC(NC(N)=O)C(=O)Nc1ccc(C(=O)O)cc1. The average molecular weight is 293 g/mol. The predicted molar refractivity (Wildman–Crippen MR) is 78.0 cm³/mol. The lowest BCUT2D eigenvalue weighted by atomic mass is 10.0. The Morgan fingerprint density at radius 3 is 2.19 bits per heavy atom. The Morgan fingerprint density at radius 2 is 1.76 bits per heavy atom. The summed E-state index contributed by atoms with van der Waals surface area (Å²) in [5.41, 5.74) is 5.63. The molecule has 0 aliphatic heterocycles. The number of nitrogens with two attached hydrogens (primary N) is 1. The van der Waals surface area contributed by atoms with Crippen molar-refractivity contribution in [1.29, 1.82) is 0 Å². The Balaban J connectivity index is 2.75. The number of hydrogen-bond acceptors (Lipinski definition) is 3. The standard InChI is InChI=1S/C14H19N3O4/c1-8(2)7-11(17-14(15)21)12(18)16-10-5-3-9(4-6-10)13(19)20/h3-6,8,11H,7H2,1-2H3,(H,16,18)(H,19,20)(H3,15,17,21). The van der Waals surface area contributed by atoms with Gasteiger partial charge in [-0.15, -0.1) is 0 Å². The normalized spacial score (nSPS) is 11.8. The summed E-state index contributed by atoms with van der Waals surface area (Å²) in [6.07, 6.45) is 0.446. The van der Waals surface area contributed by atoms with Crippen molar-refractivity contribution in [3.63, 3.8) is 0 Å². The Morgan fingerprint density at radius 1 is 1.19 bits per heavy atom. The van der Waals surface area contributed by atoms with E-state index in [1.54, 1.807) is 0 Å². The van der Waals surface area contributed by atoms with Crippen LogP contribution in [0.1, 0.15) is 30.6 Å². The van der Waals surface area contributed by atoms with E-state index in [9.17, 15) is 14.4 Å².